The van der Waals surface area contributed by atoms with Crippen molar-refractivity contribution in [3.8, 4) is 5.75 Å². The van der Waals surface area contributed by atoms with Crippen molar-refractivity contribution in [3.63, 3.8) is 0 Å². The number of tetrazole rings is 1. The molecule has 0 amide bonds. The highest BCUT2D eigenvalue weighted by atomic mass is 16.3. The molecule has 9 heteroatoms. The first-order valence-corrected chi connectivity index (χ1v) is 10.3. The summed E-state index contributed by atoms with van der Waals surface area (Å²) in [4.78, 5) is 8.83. The number of fused-ring (bicyclic) bond motifs is 1. The van der Waals surface area contributed by atoms with Gasteiger partial charge in [0.15, 0.2) is 5.82 Å². The number of hydrogen-bond acceptors (Lipinski definition) is 7. The molecule has 0 fully saturated rings. The number of aryl methyl sites for hydroxylation is 2. The molecule has 0 aliphatic carbocycles. The molecule has 0 bridgehead atoms. The Morgan fingerprint density at radius 1 is 1.13 bits per heavy atom. The molecule has 1 aromatic carbocycles. The van der Waals surface area contributed by atoms with Crippen molar-refractivity contribution in [1.82, 2.24) is 40.1 Å². The van der Waals surface area contributed by atoms with Crippen LogP contribution in [0.5, 0.6) is 5.75 Å². The summed E-state index contributed by atoms with van der Waals surface area (Å²) in [7, 11) is 0. The number of aromatic nitrogens is 7. The van der Waals surface area contributed by atoms with Gasteiger partial charge in [-0.3, -0.25) is 0 Å². The van der Waals surface area contributed by atoms with Crippen molar-refractivity contribution >= 4 is 10.9 Å². The van der Waals surface area contributed by atoms with Crippen molar-refractivity contribution < 1.29 is 5.11 Å². The number of hydrogen-bond donors (Lipinski definition) is 2. The molecule has 0 aliphatic rings. The number of rotatable bonds is 10. The summed E-state index contributed by atoms with van der Waals surface area (Å²) in [6.07, 6.45) is 8.53. The molecule has 0 saturated carbocycles. The van der Waals surface area contributed by atoms with E-state index in [0.717, 1.165) is 55.8 Å². The molecule has 0 aliphatic heterocycles. The zero-order valence-electron chi connectivity index (χ0n) is 17.0. The molecular formula is C21H26N8O. The topological polar surface area (TPSA) is 107 Å². The number of phenols is 1. The van der Waals surface area contributed by atoms with Crippen LogP contribution in [-0.2, 0) is 13.1 Å². The van der Waals surface area contributed by atoms with Gasteiger partial charge in [0.1, 0.15) is 17.3 Å². The van der Waals surface area contributed by atoms with Gasteiger partial charge >= 0.3 is 0 Å². The smallest absolute Gasteiger partial charge is 0.174 e. The molecule has 0 radical (unpaired) electrons. The molecule has 4 aromatic rings. The molecular weight excluding hydrogens is 380 g/mol. The van der Waals surface area contributed by atoms with Gasteiger partial charge in [0.05, 0.1) is 12.0 Å². The van der Waals surface area contributed by atoms with E-state index in [9.17, 15) is 5.11 Å². The Labute approximate surface area is 174 Å². The normalized spacial score (nSPS) is 12.4. The van der Waals surface area contributed by atoms with Crippen LogP contribution in [0.2, 0.25) is 0 Å². The molecule has 0 saturated heterocycles. The van der Waals surface area contributed by atoms with Gasteiger partial charge in [0.25, 0.3) is 0 Å². The zero-order valence-corrected chi connectivity index (χ0v) is 17.0. The Bertz CT molecular complexity index is 1080. The summed E-state index contributed by atoms with van der Waals surface area (Å²) in [5, 5.41) is 27.1. The molecule has 9 nitrogen and oxygen atoms in total. The number of nitrogens with one attached hydrogen (secondary N) is 1. The van der Waals surface area contributed by atoms with Crippen LogP contribution in [0, 0.1) is 0 Å². The average molecular weight is 406 g/mol. The Morgan fingerprint density at radius 3 is 2.90 bits per heavy atom. The predicted octanol–water partition coefficient (Wildman–Crippen LogP) is 2.69. The molecule has 1 atom stereocenters. The van der Waals surface area contributed by atoms with Gasteiger partial charge in [-0.25, -0.2) is 14.6 Å². The number of unbranched alkanes of at least 4 members (excludes halogenated alkanes) is 1. The van der Waals surface area contributed by atoms with Gasteiger partial charge in [0, 0.05) is 30.9 Å². The van der Waals surface area contributed by atoms with Crippen LogP contribution in [0.25, 0.3) is 10.9 Å². The third-order valence-corrected chi connectivity index (χ3v) is 5.06. The first-order chi connectivity index (χ1) is 14.8. The summed E-state index contributed by atoms with van der Waals surface area (Å²) in [6, 6.07) is 9.06. The van der Waals surface area contributed by atoms with Crippen molar-refractivity contribution in [2.75, 3.05) is 6.54 Å². The summed E-state index contributed by atoms with van der Waals surface area (Å²) in [5.41, 5.74) is 1.35. The van der Waals surface area contributed by atoms with Crippen LogP contribution in [-0.4, -0.2) is 46.4 Å². The van der Waals surface area contributed by atoms with Crippen LogP contribution in [0.3, 0.4) is 0 Å². The molecule has 156 valence electrons. The monoisotopic (exact) mass is 406 g/mol. The summed E-state index contributed by atoms with van der Waals surface area (Å²) < 4.78 is 3.89. The number of pyridine rings is 1. The lowest BCUT2D eigenvalue weighted by Gasteiger charge is -2.18. The molecule has 0 spiro atoms. The van der Waals surface area contributed by atoms with E-state index >= 15 is 0 Å². The van der Waals surface area contributed by atoms with E-state index in [1.807, 2.05) is 46.0 Å². The fourth-order valence-corrected chi connectivity index (χ4v) is 3.45. The van der Waals surface area contributed by atoms with Crippen molar-refractivity contribution in [1.29, 1.82) is 0 Å². The molecule has 1 unspecified atom stereocenters. The first kappa shape index (κ1) is 20.0. The minimum absolute atomic E-state index is 0.166. The van der Waals surface area contributed by atoms with E-state index in [1.165, 1.54) is 0 Å². The van der Waals surface area contributed by atoms with Crippen LogP contribution >= 0.6 is 0 Å². The summed E-state index contributed by atoms with van der Waals surface area (Å²) in [6.45, 7) is 4.52. The maximum Gasteiger partial charge on any atom is 0.174 e. The highest BCUT2D eigenvalue weighted by Crippen LogP contribution is 2.26. The quantitative estimate of drug-likeness (QED) is 0.390. The van der Waals surface area contributed by atoms with Crippen LogP contribution < -0.4 is 5.32 Å². The van der Waals surface area contributed by atoms with E-state index in [4.69, 9.17) is 4.98 Å². The maximum absolute atomic E-state index is 10.3. The van der Waals surface area contributed by atoms with Gasteiger partial charge in [0.2, 0.25) is 0 Å². The minimum Gasteiger partial charge on any atom is -0.506 e. The van der Waals surface area contributed by atoms with E-state index in [1.54, 1.807) is 12.3 Å². The fourth-order valence-electron chi connectivity index (χ4n) is 3.45. The maximum atomic E-state index is 10.3. The summed E-state index contributed by atoms with van der Waals surface area (Å²) >= 11 is 0. The predicted molar refractivity (Wildman–Crippen MR) is 113 cm³/mol. The first-order valence-electron chi connectivity index (χ1n) is 10.3. The van der Waals surface area contributed by atoms with Gasteiger partial charge in [-0.15, -0.1) is 5.10 Å². The Hall–Kier alpha value is -3.33. The van der Waals surface area contributed by atoms with E-state index < -0.39 is 0 Å². The third kappa shape index (κ3) is 4.46. The molecule has 2 N–H and O–H groups in total. The molecule has 30 heavy (non-hydrogen) atoms. The van der Waals surface area contributed by atoms with Crippen molar-refractivity contribution in [3.05, 3.63) is 60.6 Å². The lowest BCUT2D eigenvalue weighted by Crippen LogP contribution is -2.28. The van der Waals surface area contributed by atoms with Crippen LogP contribution in [0.4, 0.5) is 0 Å². The van der Waals surface area contributed by atoms with Gasteiger partial charge in [-0.2, -0.15) is 0 Å². The largest absolute Gasteiger partial charge is 0.506 e. The number of benzene rings is 1. The van der Waals surface area contributed by atoms with Gasteiger partial charge < -0.3 is 15.0 Å². The fraction of sp³-hybridized carbons (Fsp3) is 0.381. The van der Waals surface area contributed by atoms with Crippen LogP contribution in [0.15, 0.2) is 49.1 Å². The molecule has 3 heterocycles. The zero-order chi connectivity index (χ0) is 20.8. The SMILES string of the molecule is CCCCn1nnnc1C(NCCCn1ccnc1)c1ccc2cccc(O)c2n1. The van der Waals surface area contributed by atoms with E-state index in [2.05, 4.69) is 32.7 Å². The lowest BCUT2D eigenvalue weighted by atomic mass is 10.1. The number of phenolic OH excluding ortho intramolecular Hbond substituents is 1. The number of para-hydroxylation sites is 1. The van der Waals surface area contributed by atoms with Crippen molar-refractivity contribution in [2.24, 2.45) is 0 Å². The van der Waals surface area contributed by atoms with Gasteiger partial charge in [-0.05, 0) is 41.9 Å². The Balaban J connectivity index is 1.60. The molecule has 3 aromatic heterocycles. The third-order valence-electron chi connectivity index (χ3n) is 5.06. The number of imidazole rings is 1. The van der Waals surface area contributed by atoms with E-state index in [0.29, 0.717) is 5.52 Å². The molecule has 4 rings (SSSR count). The lowest BCUT2D eigenvalue weighted by molar-refractivity contribution is 0.470. The van der Waals surface area contributed by atoms with Crippen LogP contribution in [0.1, 0.15) is 43.7 Å². The van der Waals surface area contributed by atoms with Gasteiger partial charge in [-0.1, -0.05) is 31.5 Å². The highest BCUT2D eigenvalue weighted by Gasteiger charge is 2.22. The second-order valence-electron chi connectivity index (χ2n) is 7.24. The Kier molecular flexibility index (Phi) is 6.29. The number of aromatic hydroxyl groups is 1. The Morgan fingerprint density at radius 2 is 2.07 bits per heavy atom. The van der Waals surface area contributed by atoms with E-state index in [-0.39, 0.29) is 11.8 Å². The second kappa shape index (κ2) is 9.45. The second-order valence-corrected chi connectivity index (χ2v) is 7.24. The number of nitrogens with zero attached hydrogens (tertiary/aromatic N) is 7. The highest BCUT2D eigenvalue weighted by molar-refractivity contribution is 5.84. The summed E-state index contributed by atoms with van der Waals surface area (Å²) in [5.74, 6) is 0.895. The van der Waals surface area contributed by atoms with Crippen molar-refractivity contribution in [2.45, 2.75) is 45.3 Å². The minimum atomic E-state index is -0.274. The average Bonchev–Trinajstić information content (AvgIpc) is 3.45. The standard InChI is InChI=1S/C21H26N8O/c1-2-3-13-29-21(25-26-27-29)20(23-10-5-12-28-14-11-22-15-28)17-9-8-16-6-4-7-18(30)19(16)24-17/h4,6-9,11,14-15,20,23,30H,2-3,5,10,12-13H2,1H3.